The van der Waals surface area contributed by atoms with Crippen molar-refractivity contribution in [2.75, 3.05) is 41.4 Å². The molecule has 1 unspecified atom stereocenters. The Balaban J connectivity index is 1.60. The molecule has 2 amide bonds. The van der Waals surface area contributed by atoms with E-state index in [1.54, 1.807) is 37.2 Å². The monoisotopic (exact) mass is 501 g/mol. The first-order valence-corrected chi connectivity index (χ1v) is 13.4. The second-order valence-electron chi connectivity index (χ2n) is 9.27. The molecule has 3 N–H and O–H groups in total. The molecule has 3 aromatic heterocycles. The average Bonchev–Trinajstić information content (AvgIpc) is 3.39. The van der Waals surface area contributed by atoms with Crippen molar-refractivity contribution in [3.8, 4) is 0 Å². The van der Waals surface area contributed by atoms with Crippen LogP contribution >= 0.6 is 0 Å². The maximum atomic E-state index is 12.3. The number of urea groups is 1. The zero-order valence-corrected chi connectivity index (χ0v) is 21.3. The molecule has 0 radical (unpaired) electrons. The van der Waals surface area contributed by atoms with Gasteiger partial charge in [-0.3, -0.25) is 9.58 Å². The summed E-state index contributed by atoms with van der Waals surface area (Å²) >= 11 is 0. The Morgan fingerprint density at radius 2 is 2.03 bits per heavy atom. The van der Waals surface area contributed by atoms with Crippen LogP contribution < -0.4 is 20.9 Å². The highest BCUT2D eigenvalue weighted by molar-refractivity contribution is 7.92. The Morgan fingerprint density at radius 1 is 1.26 bits per heavy atom. The third-order valence-corrected chi connectivity index (χ3v) is 8.43. The number of aromatic nitrogens is 5. The molecule has 4 rings (SSSR count). The Bertz CT molecular complexity index is 1350. The number of rotatable bonds is 9. The van der Waals surface area contributed by atoms with Gasteiger partial charge < -0.3 is 16.0 Å². The van der Waals surface area contributed by atoms with Gasteiger partial charge in [0.1, 0.15) is 11.6 Å². The summed E-state index contributed by atoms with van der Waals surface area (Å²) in [4.78, 5) is 27.0. The smallest absolute Gasteiger partial charge is 0.323 e. The van der Waals surface area contributed by atoms with Gasteiger partial charge in [0.25, 0.3) is 0 Å². The molecule has 3 aromatic rings. The first-order valence-electron chi connectivity index (χ1n) is 11.5. The average molecular weight is 502 g/mol. The van der Waals surface area contributed by atoms with E-state index in [9.17, 15) is 13.2 Å². The molecule has 0 aliphatic carbocycles. The second-order valence-corrected chi connectivity index (χ2v) is 11.9. The van der Waals surface area contributed by atoms with E-state index in [0.717, 1.165) is 17.3 Å². The van der Waals surface area contributed by atoms with Gasteiger partial charge in [-0.25, -0.2) is 23.2 Å². The fraction of sp³-hybridized carbons (Fsp3) is 0.500. The Labute approximate surface area is 204 Å². The minimum absolute atomic E-state index is 0.125. The van der Waals surface area contributed by atoms with Gasteiger partial charge in [-0.1, -0.05) is 6.92 Å². The quantitative estimate of drug-likeness (QED) is 0.402. The summed E-state index contributed by atoms with van der Waals surface area (Å²) in [6, 6.07) is 3.54. The van der Waals surface area contributed by atoms with E-state index in [0.29, 0.717) is 36.5 Å². The van der Waals surface area contributed by atoms with Crippen LogP contribution in [0.15, 0.2) is 24.5 Å². The predicted molar refractivity (Wildman–Crippen MR) is 136 cm³/mol. The van der Waals surface area contributed by atoms with Gasteiger partial charge in [-0.15, -0.1) is 0 Å². The van der Waals surface area contributed by atoms with Crippen molar-refractivity contribution < 1.29 is 13.2 Å². The molecule has 12 nitrogen and oxygen atoms in total. The summed E-state index contributed by atoms with van der Waals surface area (Å²) < 4.78 is 24.9. The molecule has 1 aliphatic heterocycles. The summed E-state index contributed by atoms with van der Waals surface area (Å²) in [5.74, 6) is 1.96. The highest BCUT2D eigenvalue weighted by Gasteiger charge is 2.30. The lowest BCUT2D eigenvalue weighted by atomic mass is 10.2. The lowest BCUT2D eigenvalue weighted by Crippen LogP contribution is -2.38. The Morgan fingerprint density at radius 3 is 2.69 bits per heavy atom. The summed E-state index contributed by atoms with van der Waals surface area (Å²) in [5, 5.41) is 14.5. The lowest BCUT2D eigenvalue weighted by molar-refractivity contribution is 0.252. The maximum absolute atomic E-state index is 12.3. The van der Waals surface area contributed by atoms with Gasteiger partial charge in [0.2, 0.25) is 5.95 Å². The van der Waals surface area contributed by atoms with Crippen molar-refractivity contribution in [2.45, 2.75) is 44.9 Å². The number of fused-ring (bicyclic) bond motifs is 1. The predicted octanol–water partition coefficient (Wildman–Crippen LogP) is 2.70. The van der Waals surface area contributed by atoms with E-state index in [1.165, 1.54) is 6.26 Å². The van der Waals surface area contributed by atoms with Crippen molar-refractivity contribution in [1.29, 1.82) is 0 Å². The molecule has 0 spiro atoms. The third-order valence-electron chi connectivity index (χ3n) is 6.28. The number of pyridine rings is 1. The maximum Gasteiger partial charge on any atom is 0.323 e. The van der Waals surface area contributed by atoms with E-state index >= 15 is 0 Å². The van der Waals surface area contributed by atoms with E-state index in [-0.39, 0.29) is 18.6 Å². The topological polar surface area (TPSA) is 147 Å². The summed E-state index contributed by atoms with van der Waals surface area (Å²) in [5.41, 5.74) is 0.855. The van der Waals surface area contributed by atoms with Crippen LogP contribution in [0.3, 0.4) is 0 Å². The number of sulfone groups is 1. The molecule has 0 saturated carbocycles. The van der Waals surface area contributed by atoms with Gasteiger partial charge in [0, 0.05) is 50.4 Å². The third kappa shape index (κ3) is 4.99. The fourth-order valence-corrected chi connectivity index (χ4v) is 3.87. The molecule has 1 fully saturated rings. The minimum atomic E-state index is -3.25. The van der Waals surface area contributed by atoms with Gasteiger partial charge in [0.05, 0.1) is 15.6 Å². The molecule has 35 heavy (non-hydrogen) atoms. The van der Waals surface area contributed by atoms with Gasteiger partial charge in [-0.05, 0) is 33.3 Å². The van der Waals surface area contributed by atoms with E-state index in [2.05, 4.69) is 44.7 Å². The summed E-state index contributed by atoms with van der Waals surface area (Å²) in [6.45, 7) is 8.76. The number of carbonyl (C=O) groups is 1. The number of amides is 2. The standard InChI is InChI=1S/C22H31N9O3S/c1-6-14(2)31-16-11-18(25-12-15(16)19(29-31)30-10-9-24-21(30)32)27-17-7-8-23-20(28-17)26-13-22(3,4)35(5,33)34/h7-8,11-12,14H,6,9-10,13H2,1-5H3,(H,24,32)(H2,23,25,26,27,28). The first kappa shape index (κ1) is 24.6. The van der Waals surface area contributed by atoms with Crippen LogP contribution in [0.2, 0.25) is 0 Å². The molecule has 0 aromatic carbocycles. The van der Waals surface area contributed by atoms with E-state index < -0.39 is 14.6 Å². The molecule has 13 heteroatoms. The minimum Gasteiger partial charge on any atom is -0.353 e. The van der Waals surface area contributed by atoms with Crippen LogP contribution in [0.25, 0.3) is 10.9 Å². The van der Waals surface area contributed by atoms with Gasteiger partial charge in [-0.2, -0.15) is 10.1 Å². The SMILES string of the molecule is CCC(C)n1nc(N2CCNC2=O)c2cnc(Nc3ccnc(NCC(C)(C)S(C)(=O)=O)n3)cc21. The normalized spacial score (nSPS) is 15.3. The molecular formula is C22H31N9O3S. The first-order chi connectivity index (χ1) is 16.5. The number of hydrogen-bond donors (Lipinski definition) is 3. The fourth-order valence-electron chi connectivity index (χ4n) is 3.53. The highest BCUT2D eigenvalue weighted by atomic mass is 32.2. The molecular weight excluding hydrogens is 470 g/mol. The van der Waals surface area contributed by atoms with Crippen molar-refractivity contribution in [2.24, 2.45) is 0 Å². The molecule has 188 valence electrons. The molecule has 1 aliphatic rings. The van der Waals surface area contributed by atoms with Crippen LogP contribution in [0.1, 0.15) is 40.2 Å². The van der Waals surface area contributed by atoms with Crippen LogP contribution in [0.5, 0.6) is 0 Å². The number of carbonyl (C=O) groups excluding carboxylic acids is 1. The van der Waals surface area contributed by atoms with Crippen LogP contribution in [0, 0.1) is 0 Å². The van der Waals surface area contributed by atoms with Crippen LogP contribution in [-0.4, -0.2) is 69.8 Å². The van der Waals surface area contributed by atoms with Crippen molar-refractivity contribution in [1.82, 2.24) is 30.0 Å². The Hall–Kier alpha value is -3.48. The van der Waals surface area contributed by atoms with E-state index in [1.807, 2.05) is 10.7 Å². The molecule has 1 saturated heterocycles. The van der Waals surface area contributed by atoms with Crippen molar-refractivity contribution in [3.63, 3.8) is 0 Å². The largest absolute Gasteiger partial charge is 0.353 e. The van der Waals surface area contributed by atoms with E-state index in [4.69, 9.17) is 5.10 Å². The summed E-state index contributed by atoms with van der Waals surface area (Å²) in [7, 11) is -3.25. The molecule has 4 heterocycles. The van der Waals surface area contributed by atoms with Crippen molar-refractivity contribution >= 4 is 50.2 Å². The van der Waals surface area contributed by atoms with Crippen LogP contribution in [-0.2, 0) is 9.84 Å². The zero-order chi connectivity index (χ0) is 25.4. The zero-order valence-electron chi connectivity index (χ0n) is 20.5. The second kappa shape index (κ2) is 9.29. The van der Waals surface area contributed by atoms with Crippen LogP contribution in [0.4, 0.5) is 28.2 Å². The number of nitrogens with zero attached hydrogens (tertiary/aromatic N) is 6. The Kier molecular flexibility index (Phi) is 6.54. The number of anilines is 4. The van der Waals surface area contributed by atoms with Gasteiger partial charge in [0.15, 0.2) is 15.7 Å². The molecule has 1 atom stereocenters. The number of nitrogens with one attached hydrogen (secondary N) is 3. The number of hydrogen-bond acceptors (Lipinski definition) is 9. The molecule has 0 bridgehead atoms. The summed E-state index contributed by atoms with van der Waals surface area (Å²) in [6.07, 6.45) is 5.37. The lowest BCUT2D eigenvalue weighted by Gasteiger charge is -2.22. The van der Waals surface area contributed by atoms with Crippen molar-refractivity contribution in [3.05, 3.63) is 24.5 Å². The highest BCUT2D eigenvalue weighted by Crippen LogP contribution is 2.31. The van der Waals surface area contributed by atoms with Gasteiger partial charge >= 0.3 is 6.03 Å².